The SMILES string of the molecule is CC1=CN=C(N)N(C)C1. The van der Waals surface area contributed by atoms with Crippen LogP contribution in [-0.2, 0) is 0 Å². The lowest BCUT2D eigenvalue weighted by atomic mass is 10.3. The zero-order chi connectivity index (χ0) is 6.85. The van der Waals surface area contributed by atoms with Crippen LogP contribution in [-0.4, -0.2) is 24.5 Å². The molecule has 3 nitrogen and oxygen atoms in total. The molecule has 0 aromatic carbocycles. The van der Waals surface area contributed by atoms with E-state index in [9.17, 15) is 0 Å². The van der Waals surface area contributed by atoms with E-state index >= 15 is 0 Å². The molecule has 0 aromatic heterocycles. The van der Waals surface area contributed by atoms with Gasteiger partial charge in [0.05, 0.1) is 0 Å². The molecule has 9 heavy (non-hydrogen) atoms. The number of rotatable bonds is 0. The summed E-state index contributed by atoms with van der Waals surface area (Å²) in [5, 5.41) is 0. The van der Waals surface area contributed by atoms with Gasteiger partial charge in [-0.25, -0.2) is 4.99 Å². The van der Waals surface area contributed by atoms with Crippen LogP contribution >= 0.6 is 0 Å². The number of nitrogens with two attached hydrogens (primary N) is 1. The Morgan fingerprint density at radius 3 is 2.89 bits per heavy atom. The van der Waals surface area contributed by atoms with Gasteiger partial charge in [-0.1, -0.05) is 0 Å². The van der Waals surface area contributed by atoms with Crippen LogP contribution in [0.15, 0.2) is 16.8 Å². The Bertz CT molecular complexity index is 169. The van der Waals surface area contributed by atoms with Gasteiger partial charge in [-0.3, -0.25) is 0 Å². The van der Waals surface area contributed by atoms with Crippen LogP contribution in [0, 0.1) is 0 Å². The van der Waals surface area contributed by atoms with Gasteiger partial charge in [0.25, 0.3) is 0 Å². The lowest BCUT2D eigenvalue weighted by Crippen LogP contribution is -2.36. The van der Waals surface area contributed by atoms with Gasteiger partial charge in [0.15, 0.2) is 5.96 Å². The van der Waals surface area contributed by atoms with Crippen LogP contribution in [0.3, 0.4) is 0 Å². The number of likely N-dealkylation sites (N-methyl/N-ethyl adjacent to an activating group) is 1. The Kier molecular flexibility index (Phi) is 1.42. The van der Waals surface area contributed by atoms with E-state index in [-0.39, 0.29) is 0 Å². The van der Waals surface area contributed by atoms with Gasteiger partial charge in [-0.05, 0) is 12.5 Å². The third kappa shape index (κ3) is 1.22. The first-order chi connectivity index (χ1) is 4.20. The Labute approximate surface area is 54.9 Å². The van der Waals surface area contributed by atoms with E-state index < -0.39 is 0 Å². The van der Waals surface area contributed by atoms with Crippen molar-refractivity contribution in [3.8, 4) is 0 Å². The van der Waals surface area contributed by atoms with Gasteiger partial charge in [-0.2, -0.15) is 0 Å². The maximum absolute atomic E-state index is 5.47. The van der Waals surface area contributed by atoms with Crippen LogP contribution in [0.1, 0.15) is 6.92 Å². The third-order valence-corrected chi connectivity index (χ3v) is 1.29. The molecule has 1 aliphatic rings. The highest BCUT2D eigenvalue weighted by Crippen LogP contribution is 2.01. The molecule has 0 unspecified atom stereocenters. The minimum absolute atomic E-state index is 0.598. The van der Waals surface area contributed by atoms with Gasteiger partial charge in [0.2, 0.25) is 0 Å². The van der Waals surface area contributed by atoms with E-state index in [4.69, 9.17) is 5.73 Å². The zero-order valence-corrected chi connectivity index (χ0v) is 5.76. The second kappa shape index (κ2) is 2.09. The molecular weight excluding hydrogens is 114 g/mol. The highest BCUT2D eigenvalue weighted by atomic mass is 15.2. The predicted molar refractivity (Wildman–Crippen MR) is 38.0 cm³/mol. The first-order valence-electron chi connectivity index (χ1n) is 2.90. The highest BCUT2D eigenvalue weighted by Gasteiger charge is 2.04. The lowest BCUT2D eigenvalue weighted by molar-refractivity contribution is 0.533. The number of hydrogen-bond acceptors (Lipinski definition) is 3. The Balaban J connectivity index is 2.74. The Morgan fingerprint density at radius 2 is 2.44 bits per heavy atom. The molecule has 0 aromatic rings. The van der Waals surface area contributed by atoms with Crippen molar-refractivity contribution < 1.29 is 0 Å². The van der Waals surface area contributed by atoms with Crippen molar-refractivity contribution in [3.63, 3.8) is 0 Å². The Morgan fingerprint density at radius 1 is 1.78 bits per heavy atom. The van der Waals surface area contributed by atoms with Crippen LogP contribution in [0.25, 0.3) is 0 Å². The topological polar surface area (TPSA) is 41.6 Å². The van der Waals surface area contributed by atoms with Crippen molar-refractivity contribution in [1.29, 1.82) is 0 Å². The van der Waals surface area contributed by atoms with Crippen LogP contribution < -0.4 is 5.73 Å². The van der Waals surface area contributed by atoms with Gasteiger partial charge in [0.1, 0.15) is 0 Å². The molecule has 2 N–H and O–H groups in total. The fraction of sp³-hybridized carbons (Fsp3) is 0.500. The number of aliphatic imine (C=N–C) groups is 1. The van der Waals surface area contributed by atoms with E-state index in [1.807, 2.05) is 18.9 Å². The molecule has 0 atom stereocenters. The minimum Gasteiger partial charge on any atom is -0.370 e. The van der Waals surface area contributed by atoms with Crippen LogP contribution in [0.2, 0.25) is 0 Å². The molecule has 0 spiro atoms. The second-order valence-electron chi connectivity index (χ2n) is 2.32. The largest absolute Gasteiger partial charge is 0.370 e. The second-order valence-corrected chi connectivity index (χ2v) is 2.32. The van der Waals surface area contributed by atoms with Gasteiger partial charge >= 0.3 is 0 Å². The van der Waals surface area contributed by atoms with Crippen molar-refractivity contribution in [2.45, 2.75) is 6.92 Å². The fourth-order valence-corrected chi connectivity index (χ4v) is 0.771. The summed E-state index contributed by atoms with van der Waals surface area (Å²) in [7, 11) is 1.93. The predicted octanol–water partition coefficient (Wildman–Crippen LogP) is 0.150. The van der Waals surface area contributed by atoms with Crippen molar-refractivity contribution >= 4 is 5.96 Å². The molecular formula is C6H11N3. The molecule has 50 valence electrons. The van der Waals surface area contributed by atoms with E-state index in [1.165, 1.54) is 5.57 Å². The van der Waals surface area contributed by atoms with Crippen molar-refractivity contribution in [3.05, 3.63) is 11.8 Å². The average molecular weight is 125 g/mol. The quantitative estimate of drug-likeness (QED) is 0.500. The Hall–Kier alpha value is -0.990. The molecule has 1 heterocycles. The molecule has 0 saturated carbocycles. The standard InChI is InChI=1S/C6H11N3/c1-5-3-8-6(7)9(2)4-5/h3H,4H2,1-2H3,(H2,7,8). The lowest BCUT2D eigenvalue weighted by Gasteiger charge is -2.20. The van der Waals surface area contributed by atoms with Crippen LogP contribution in [0.4, 0.5) is 0 Å². The first-order valence-corrected chi connectivity index (χ1v) is 2.90. The molecule has 0 amide bonds. The zero-order valence-electron chi connectivity index (χ0n) is 5.76. The maximum atomic E-state index is 5.47. The van der Waals surface area contributed by atoms with E-state index in [2.05, 4.69) is 4.99 Å². The average Bonchev–Trinajstić information content (AvgIpc) is 1.80. The molecule has 0 saturated heterocycles. The smallest absolute Gasteiger partial charge is 0.195 e. The first kappa shape index (κ1) is 6.13. The fourth-order valence-electron chi connectivity index (χ4n) is 0.771. The molecule has 0 aliphatic carbocycles. The third-order valence-electron chi connectivity index (χ3n) is 1.29. The number of hydrogen-bond donors (Lipinski definition) is 1. The summed E-state index contributed by atoms with van der Waals surface area (Å²) < 4.78 is 0. The monoisotopic (exact) mass is 125 g/mol. The molecule has 3 heteroatoms. The number of guanidine groups is 1. The molecule has 0 bridgehead atoms. The molecule has 0 radical (unpaired) electrons. The summed E-state index contributed by atoms with van der Waals surface area (Å²) in [5.74, 6) is 0.598. The van der Waals surface area contributed by atoms with E-state index in [0.29, 0.717) is 5.96 Å². The molecule has 1 aliphatic heterocycles. The van der Waals surface area contributed by atoms with E-state index in [1.54, 1.807) is 6.20 Å². The van der Waals surface area contributed by atoms with Crippen LogP contribution in [0.5, 0.6) is 0 Å². The van der Waals surface area contributed by atoms with Gasteiger partial charge < -0.3 is 10.6 Å². The summed E-state index contributed by atoms with van der Waals surface area (Å²) in [4.78, 5) is 5.86. The normalized spacial score (nSPS) is 19.1. The summed E-state index contributed by atoms with van der Waals surface area (Å²) in [5.41, 5.74) is 6.71. The van der Waals surface area contributed by atoms with Crippen molar-refractivity contribution in [2.75, 3.05) is 13.6 Å². The van der Waals surface area contributed by atoms with Crippen molar-refractivity contribution in [2.24, 2.45) is 10.7 Å². The molecule has 0 fully saturated rings. The summed E-state index contributed by atoms with van der Waals surface area (Å²) in [6.07, 6.45) is 1.80. The minimum atomic E-state index is 0.598. The van der Waals surface area contributed by atoms with Gasteiger partial charge in [-0.15, -0.1) is 0 Å². The maximum Gasteiger partial charge on any atom is 0.195 e. The molecule has 1 rings (SSSR count). The van der Waals surface area contributed by atoms with Crippen molar-refractivity contribution in [1.82, 2.24) is 4.90 Å². The summed E-state index contributed by atoms with van der Waals surface area (Å²) in [6.45, 7) is 2.93. The highest BCUT2D eigenvalue weighted by molar-refractivity contribution is 5.79. The van der Waals surface area contributed by atoms with E-state index in [0.717, 1.165) is 6.54 Å². The van der Waals surface area contributed by atoms with Gasteiger partial charge in [0, 0.05) is 19.8 Å². The summed E-state index contributed by atoms with van der Waals surface area (Å²) in [6, 6.07) is 0. The summed E-state index contributed by atoms with van der Waals surface area (Å²) >= 11 is 0. The number of nitrogens with zero attached hydrogens (tertiary/aromatic N) is 2.